The van der Waals surface area contributed by atoms with E-state index in [4.69, 9.17) is 11.1 Å². The highest BCUT2D eigenvalue weighted by molar-refractivity contribution is 7.97. The van der Waals surface area contributed by atoms with Crippen molar-refractivity contribution in [2.24, 2.45) is 5.92 Å². The number of hydrogen-bond donors (Lipinski definition) is 3. The van der Waals surface area contributed by atoms with Crippen molar-refractivity contribution >= 4 is 29.8 Å². The fourth-order valence-corrected chi connectivity index (χ4v) is 4.37. The zero-order valence-electron chi connectivity index (χ0n) is 17.2. The topological polar surface area (TPSA) is 111 Å². The first-order chi connectivity index (χ1) is 14.5. The summed E-state index contributed by atoms with van der Waals surface area (Å²) >= 11 is 1.38. The van der Waals surface area contributed by atoms with Gasteiger partial charge in [-0.25, -0.2) is 4.72 Å². The molecule has 1 aromatic heterocycles. The molecule has 0 radical (unpaired) electrons. The van der Waals surface area contributed by atoms with E-state index in [9.17, 15) is 10.1 Å². The van der Waals surface area contributed by atoms with Gasteiger partial charge in [-0.2, -0.15) is 5.26 Å². The van der Waals surface area contributed by atoms with Gasteiger partial charge in [0.05, 0.1) is 6.04 Å². The summed E-state index contributed by atoms with van der Waals surface area (Å²) in [4.78, 5) is 16.1. The Kier molecular flexibility index (Phi) is 7.55. The molecule has 158 valence electrons. The normalized spacial score (nSPS) is 15.5. The van der Waals surface area contributed by atoms with Crippen molar-refractivity contribution in [3.63, 3.8) is 0 Å². The minimum Gasteiger partial charge on any atom is -0.398 e. The monoisotopic (exact) mass is 424 g/mol. The van der Waals surface area contributed by atoms with Crippen molar-refractivity contribution in [3.05, 3.63) is 47.8 Å². The van der Waals surface area contributed by atoms with Crippen molar-refractivity contribution in [3.8, 4) is 6.07 Å². The van der Waals surface area contributed by atoms with Gasteiger partial charge < -0.3 is 20.6 Å². The van der Waals surface area contributed by atoms with Crippen molar-refractivity contribution in [2.45, 2.75) is 43.7 Å². The summed E-state index contributed by atoms with van der Waals surface area (Å²) in [5.74, 6) is 0.757. The maximum absolute atomic E-state index is 13.2. The number of nitrogens with zero attached hydrogens (tertiary/aromatic N) is 3. The van der Waals surface area contributed by atoms with Crippen LogP contribution in [0.5, 0.6) is 0 Å². The molecule has 2 heterocycles. The zero-order chi connectivity index (χ0) is 21.5. The molecular formula is C22H28N6OS. The number of aromatic nitrogens is 1. The van der Waals surface area contributed by atoms with E-state index >= 15 is 0 Å². The van der Waals surface area contributed by atoms with Crippen LogP contribution in [0.2, 0.25) is 0 Å². The lowest BCUT2D eigenvalue weighted by atomic mass is 9.98. The van der Waals surface area contributed by atoms with E-state index in [0.717, 1.165) is 30.8 Å². The van der Waals surface area contributed by atoms with Crippen molar-refractivity contribution in [1.82, 2.24) is 14.2 Å². The number of carbonyl (C=O) groups excluding carboxylic acids is 1. The Morgan fingerprint density at radius 3 is 2.87 bits per heavy atom. The number of likely N-dealkylation sites (tertiary alicyclic amines) is 1. The van der Waals surface area contributed by atoms with E-state index < -0.39 is 0 Å². The molecule has 1 aliphatic rings. The van der Waals surface area contributed by atoms with Crippen LogP contribution < -0.4 is 10.5 Å². The molecule has 1 amide bonds. The first-order valence-corrected chi connectivity index (χ1v) is 11.0. The zero-order valence-corrected chi connectivity index (χ0v) is 18.0. The second kappa shape index (κ2) is 10.3. The van der Waals surface area contributed by atoms with Gasteiger partial charge in [-0.1, -0.05) is 13.0 Å². The molecule has 1 aliphatic heterocycles. The summed E-state index contributed by atoms with van der Waals surface area (Å²) in [5.41, 5.74) is 7.78. The summed E-state index contributed by atoms with van der Waals surface area (Å²) in [7, 11) is 0. The highest BCUT2D eigenvalue weighted by atomic mass is 32.2. The third-order valence-corrected chi connectivity index (χ3v) is 6.42. The Bertz CT molecular complexity index is 926. The quantitative estimate of drug-likeness (QED) is 0.342. The van der Waals surface area contributed by atoms with E-state index in [-0.39, 0.29) is 11.9 Å². The van der Waals surface area contributed by atoms with Crippen LogP contribution in [0.4, 0.5) is 5.69 Å². The van der Waals surface area contributed by atoms with Crippen molar-refractivity contribution in [2.75, 3.05) is 18.8 Å². The average Bonchev–Trinajstić information content (AvgIpc) is 3.21. The van der Waals surface area contributed by atoms with Crippen LogP contribution in [0.3, 0.4) is 0 Å². The predicted octanol–water partition coefficient (Wildman–Crippen LogP) is 3.25. The standard InChI is InChI=1S/C22H28N6OS/c1-16-6-10-28(11-7-16)22(29)21(8-12-27-9-2-3-18(27)15-24)26-30-19-5-4-17(14-23)20(25)13-19/h2-5,9,13-14,16,21,23,26H,6-8,10-12,25H2,1H3. The second-order valence-corrected chi connectivity index (χ2v) is 8.61. The first kappa shape index (κ1) is 21.9. The van der Waals surface area contributed by atoms with Crippen molar-refractivity contribution in [1.29, 1.82) is 10.7 Å². The Morgan fingerprint density at radius 1 is 1.43 bits per heavy atom. The van der Waals surface area contributed by atoms with Gasteiger partial charge in [0.2, 0.25) is 5.91 Å². The van der Waals surface area contributed by atoms with E-state index in [1.54, 1.807) is 12.1 Å². The number of nitrogen functional groups attached to an aromatic ring is 1. The minimum atomic E-state index is -0.374. The third-order valence-electron chi connectivity index (χ3n) is 5.53. The third kappa shape index (κ3) is 5.43. The molecule has 0 aliphatic carbocycles. The summed E-state index contributed by atoms with van der Waals surface area (Å²) in [6.45, 7) is 4.39. The highest BCUT2D eigenvalue weighted by Crippen LogP contribution is 2.23. The molecule has 30 heavy (non-hydrogen) atoms. The van der Waals surface area contributed by atoms with Gasteiger partial charge in [-0.15, -0.1) is 0 Å². The summed E-state index contributed by atoms with van der Waals surface area (Å²) in [6.07, 6.45) is 5.74. The van der Waals surface area contributed by atoms with E-state index in [1.165, 1.54) is 18.2 Å². The average molecular weight is 425 g/mol. The van der Waals surface area contributed by atoms with Crippen LogP contribution >= 0.6 is 11.9 Å². The van der Waals surface area contributed by atoms with Crippen LogP contribution in [-0.2, 0) is 11.3 Å². The van der Waals surface area contributed by atoms with Crippen LogP contribution in [0.1, 0.15) is 37.4 Å². The lowest BCUT2D eigenvalue weighted by Gasteiger charge is -2.33. The summed E-state index contributed by atoms with van der Waals surface area (Å²) < 4.78 is 5.20. The number of rotatable bonds is 8. The Hall–Kier alpha value is -2.76. The van der Waals surface area contributed by atoms with Crippen LogP contribution in [0.25, 0.3) is 0 Å². The Morgan fingerprint density at radius 2 is 2.20 bits per heavy atom. The number of amides is 1. The van der Waals surface area contributed by atoms with Crippen LogP contribution in [0, 0.1) is 22.7 Å². The summed E-state index contributed by atoms with van der Waals surface area (Å²) in [6, 6.07) is 10.9. The SMILES string of the molecule is CC1CCN(C(=O)C(CCn2cccc2C#N)NSc2ccc(C=N)c(N)c2)CC1. The minimum absolute atomic E-state index is 0.101. The van der Waals surface area contributed by atoms with Gasteiger partial charge in [0.25, 0.3) is 0 Å². The number of carbonyl (C=O) groups is 1. The predicted molar refractivity (Wildman–Crippen MR) is 120 cm³/mol. The van der Waals surface area contributed by atoms with Crippen LogP contribution in [0.15, 0.2) is 41.4 Å². The molecule has 4 N–H and O–H groups in total. The molecule has 7 nitrogen and oxygen atoms in total. The Balaban J connectivity index is 1.69. The molecule has 1 saturated heterocycles. The maximum atomic E-state index is 13.2. The van der Waals surface area contributed by atoms with Gasteiger partial charge in [0.1, 0.15) is 11.8 Å². The molecule has 8 heteroatoms. The molecular weight excluding hydrogens is 396 g/mol. The fourth-order valence-electron chi connectivity index (χ4n) is 3.55. The fraction of sp³-hybridized carbons (Fsp3) is 0.409. The Labute approximate surface area is 181 Å². The first-order valence-electron chi connectivity index (χ1n) is 10.2. The number of nitrogens with one attached hydrogen (secondary N) is 2. The number of benzene rings is 1. The smallest absolute Gasteiger partial charge is 0.240 e. The number of nitrogens with two attached hydrogens (primary N) is 1. The molecule has 0 spiro atoms. The molecule has 0 saturated carbocycles. The van der Waals surface area contributed by atoms with Gasteiger partial charge in [-0.3, -0.25) is 4.79 Å². The van der Waals surface area contributed by atoms with Gasteiger partial charge in [0.15, 0.2) is 0 Å². The summed E-state index contributed by atoms with van der Waals surface area (Å²) in [5, 5.41) is 16.6. The van der Waals surface area contributed by atoms with E-state index in [2.05, 4.69) is 17.7 Å². The molecule has 2 aromatic rings. The van der Waals surface area contributed by atoms with Gasteiger partial charge in [0, 0.05) is 48.2 Å². The highest BCUT2D eigenvalue weighted by Gasteiger charge is 2.27. The molecule has 1 aromatic carbocycles. The van der Waals surface area contributed by atoms with Crippen molar-refractivity contribution < 1.29 is 4.79 Å². The van der Waals surface area contributed by atoms with Gasteiger partial charge >= 0.3 is 0 Å². The number of anilines is 1. The lowest BCUT2D eigenvalue weighted by molar-refractivity contribution is -0.134. The van der Waals surface area contributed by atoms with Gasteiger partial charge in [-0.05, 0) is 61.4 Å². The number of hydrogen-bond acceptors (Lipinski definition) is 6. The number of nitriles is 1. The number of aryl methyl sites for hydroxylation is 1. The second-order valence-electron chi connectivity index (χ2n) is 7.70. The molecule has 1 fully saturated rings. The molecule has 1 unspecified atom stereocenters. The largest absolute Gasteiger partial charge is 0.398 e. The molecule has 0 bridgehead atoms. The maximum Gasteiger partial charge on any atom is 0.240 e. The lowest BCUT2D eigenvalue weighted by Crippen LogP contribution is -2.47. The molecule has 3 rings (SSSR count). The van der Waals surface area contributed by atoms with E-state index in [1.807, 2.05) is 33.9 Å². The number of piperidine rings is 1. The van der Waals surface area contributed by atoms with Crippen LogP contribution in [-0.4, -0.2) is 40.7 Å². The van der Waals surface area contributed by atoms with E-state index in [0.29, 0.717) is 35.8 Å². The molecule has 1 atom stereocenters.